The van der Waals surface area contributed by atoms with Crippen molar-refractivity contribution in [1.29, 1.82) is 0 Å². The first-order valence-electron chi connectivity index (χ1n) is 18.8. The maximum atomic E-state index is 7.08. The van der Waals surface area contributed by atoms with Gasteiger partial charge in [0.2, 0.25) is 0 Å². The Balaban J connectivity index is 1.24. The zero-order valence-electron chi connectivity index (χ0n) is 30.2. The van der Waals surface area contributed by atoms with Crippen LogP contribution in [0.25, 0.3) is 106 Å². The molecule has 0 aliphatic carbocycles. The molecule has 3 aromatic heterocycles. The van der Waals surface area contributed by atoms with Crippen molar-refractivity contribution < 1.29 is 4.42 Å². The second kappa shape index (κ2) is 13.0. The third-order valence-electron chi connectivity index (χ3n) is 10.7. The predicted molar refractivity (Wildman–Crippen MR) is 229 cm³/mol. The fourth-order valence-corrected chi connectivity index (χ4v) is 8.12. The van der Waals surface area contributed by atoms with Crippen LogP contribution in [0.5, 0.6) is 0 Å². The molecule has 0 amide bonds. The summed E-state index contributed by atoms with van der Waals surface area (Å²) >= 11 is 0. The smallest absolute Gasteiger partial charge is 0.164 e. The normalized spacial score (nSPS) is 11.6. The average molecular weight is 717 g/mol. The van der Waals surface area contributed by atoms with Crippen LogP contribution >= 0.6 is 0 Å². The Bertz CT molecular complexity index is 3130. The number of aromatic nitrogens is 4. The molecule has 56 heavy (non-hydrogen) atoms. The Labute approximate surface area is 322 Å². The van der Waals surface area contributed by atoms with Crippen molar-refractivity contribution >= 4 is 43.7 Å². The minimum absolute atomic E-state index is 0.581. The highest BCUT2D eigenvalue weighted by Gasteiger charge is 2.24. The van der Waals surface area contributed by atoms with Gasteiger partial charge >= 0.3 is 0 Å². The lowest BCUT2D eigenvalue weighted by Gasteiger charge is -2.13. The molecule has 8 aromatic carbocycles. The van der Waals surface area contributed by atoms with Crippen LogP contribution in [-0.2, 0) is 0 Å². The van der Waals surface area contributed by atoms with Gasteiger partial charge in [0.1, 0.15) is 5.58 Å². The van der Waals surface area contributed by atoms with Crippen LogP contribution in [-0.4, -0.2) is 19.5 Å². The summed E-state index contributed by atoms with van der Waals surface area (Å²) in [7, 11) is 0. The van der Waals surface area contributed by atoms with Gasteiger partial charge in [-0.25, -0.2) is 15.0 Å². The van der Waals surface area contributed by atoms with Gasteiger partial charge in [0.05, 0.1) is 16.7 Å². The minimum Gasteiger partial charge on any atom is -0.454 e. The Morgan fingerprint density at radius 1 is 0.357 bits per heavy atom. The van der Waals surface area contributed by atoms with Gasteiger partial charge in [-0.3, -0.25) is 0 Å². The minimum atomic E-state index is 0.581. The summed E-state index contributed by atoms with van der Waals surface area (Å²) in [6, 6.07) is 67.3. The van der Waals surface area contributed by atoms with Crippen molar-refractivity contribution in [3.63, 3.8) is 0 Å². The SMILES string of the molecule is c1ccc(-c2cccc(-c3ccc(-n4c5ccccc5c5ccccc54)c4oc5cccc(-c6nc(-c7ccccc7)nc(-c7ccccc7)n6)c5c34)c2)cc1. The number of hydrogen-bond donors (Lipinski definition) is 0. The molecule has 262 valence electrons. The number of fused-ring (bicyclic) bond motifs is 6. The van der Waals surface area contributed by atoms with Gasteiger partial charge in [0, 0.05) is 38.2 Å². The Hall–Kier alpha value is -7.63. The molecule has 0 atom stereocenters. The molecular weight excluding hydrogens is 685 g/mol. The highest BCUT2D eigenvalue weighted by atomic mass is 16.3. The van der Waals surface area contributed by atoms with Gasteiger partial charge in [-0.05, 0) is 52.6 Å². The van der Waals surface area contributed by atoms with E-state index in [2.05, 4.69) is 132 Å². The zero-order valence-corrected chi connectivity index (χ0v) is 30.2. The number of hydrogen-bond acceptors (Lipinski definition) is 4. The van der Waals surface area contributed by atoms with Gasteiger partial charge in [0.25, 0.3) is 0 Å². The highest BCUT2D eigenvalue weighted by Crippen LogP contribution is 2.45. The van der Waals surface area contributed by atoms with Crippen molar-refractivity contribution in [3.05, 3.63) is 194 Å². The second-order valence-corrected chi connectivity index (χ2v) is 14.0. The monoisotopic (exact) mass is 716 g/mol. The van der Waals surface area contributed by atoms with Crippen molar-refractivity contribution in [2.75, 3.05) is 0 Å². The van der Waals surface area contributed by atoms with Crippen molar-refractivity contribution in [3.8, 4) is 62.1 Å². The molecule has 0 aliphatic rings. The number of benzene rings is 8. The van der Waals surface area contributed by atoms with Crippen LogP contribution in [0, 0.1) is 0 Å². The summed E-state index contributed by atoms with van der Waals surface area (Å²) in [5, 5.41) is 4.34. The van der Waals surface area contributed by atoms with Crippen molar-refractivity contribution in [1.82, 2.24) is 19.5 Å². The Morgan fingerprint density at radius 2 is 0.875 bits per heavy atom. The lowest BCUT2D eigenvalue weighted by atomic mass is 9.94. The molecule has 5 heteroatoms. The molecule has 0 spiro atoms. The Kier molecular flexibility index (Phi) is 7.42. The number of rotatable bonds is 6. The molecule has 0 unspecified atom stereocenters. The van der Waals surface area contributed by atoms with Crippen LogP contribution < -0.4 is 0 Å². The molecule has 3 heterocycles. The van der Waals surface area contributed by atoms with Gasteiger partial charge < -0.3 is 8.98 Å². The molecule has 11 rings (SSSR count). The van der Waals surface area contributed by atoms with E-state index in [0.717, 1.165) is 77.6 Å². The molecular formula is C51H32N4O. The molecule has 0 fully saturated rings. The first-order valence-corrected chi connectivity index (χ1v) is 18.8. The standard InChI is InChI=1S/C51H32N4O/c1-4-16-33(17-5-1)36-22-14-23-37(32-36)38-30-31-44(55-42-27-12-10-24-39(42)40-25-11-13-28-43(40)55)48-47(38)46-41(26-15-29-45(46)56-48)51-53-49(34-18-6-2-7-19-34)52-50(54-51)35-20-8-3-9-21-35/h1-32H. The maximum absolute atomic E-state index is 7.08. The lowest BCUT2D eigenvalue weighted by molar-refractivity contribution is 0.666. The van der Waals surface area contributed by atoms with Crippen LogP contribution in [0.3, 0.4) is 0 Å². The summed E-state index contributed by atoms with van der Waals surface area (Å²) in [5.41, 5.74) is 11.9. The summed E-state index contributed by atoms with van der Waals surface area (Å²) in [6.45, 7) is 0. The largest absolute Gasteiger partial charge is 0.454 e. The molecule has 0 saturated heterocycles. The maximum Gasteiger partial charge on any atom is 0.164 e. The first-order chi connectivity index (χ1) is 27.8. The van der Waals surface area contributed by atoms with Gasteiger partial charge in [-0.1, -0.05) is 164 Å². The number of nitrogens with zero attached hydrogens (tertiary/aromatic N) is 4. The molecule has 0 N–H and O–H groups in total. The van der Waals surface area contributed by atoms with E-state index < -0.39 is 0 Å². The molecule has 5 nitrogen and oxygen atoms in total. The van der Waals surface area contributed by atoms with E-state index in [1.165, 1.54) is 10.8 Å². The topological polar surface area (TPSA) is 56.7 Å². The zero-order chi connectivity index (χ0) is 37.0. The number of furan rings is 1. The van der Waals surface area contributed by atoms with Crippen LogP contribution in [0.1, 0.15) is 0 Å². The van der Waals surface area contributed by atoms with Gasteiger partial charge in [-0.15, -0.1) is 0 Å². The third kappa shape index (κ3) is 5.21. The summed E-state index contributed by atoms with van der Waals surface area (Å²) in [4.78, 5) is 15.3. The highest BCUT2D eigenvalue weighted by molar-refractivity contribution is 6.20. The van der Waals surface area contributed by atoms with Crippen LogP contribution in [0.4, 0.5) is 0 Å². The summed E-state index contributed by atoms with van der Waals surface area (Å²) in [6.07, 6.45) is 0. The predicted octanol–water partition coefficient (Wildman–Crippen LogP) is 13.2. The molecule has 11 aromatic rings. The Morgan fingerprint density at radius 3 is 1.52 bits per heavy atom. The molecule has 0 bridgehead atoms. The van der Waals surface area contributed by atoms with Crippen LogP contribution in [0.2, 0.25) is 0 Å². The van der Waals surface area contributed by atoms with E-state index >= 15 is 0 Å². The van der Waals surface area contributed by atoms with E-state index in [-0.39, 0.29) is 0 Å². The fraction of sp³-hybridized carbons (Fsp3) is 0. The van der Waals surface area contributed by atoms with E-state index in [1.807, 2.05) is 66.7 Å². The summed E-state index contributed by atoms with van der Waals surface area (Å²) < 4.78 is 9.42. The van der Waals surface area contributed by atoms with Gasteiger partial charge in [-0.2, -0.15) is 0 Å². The molecule has 0 aliphatic heterocycles. The molecule has 0 radical (unpaired) electrons. The first kappa shape index (κ1) is 31.9. The van der Waals surface area contributed by atoms with E-state index in [1.54, 1.807) is 0 Å². The third-order valence-corrected chi connectivity index (χ3v) is 10.7. The fourth-order valence-electron chi connectivity index (χ4n) is 8.12. The second-order valence-electron chi connectivity index (χ2n) is 14.0. The number of para-hydroxylation sites is 2. The van der Waals surface area contributed by atoms with E-state index in [9.17, 15) is 0 Å². The summed E-state index contributed by atoms with van der Waals surface area (Å²) in [5.74, 6) is 1.80. The van der Waals surface area contributed by atoms with E-state index in [4.69, 9.17) is 19.4 Å². The lowest BCUT2D eigenvalue weighted by Crippen LogP contribution is -2.00. The van der Waals surface area contributed by atoms with E-state index in [0.29, 0.717) is 17.5 Å². The average Bonchev–Trinajstić information content (AvgIpc) is 3.84. The quantitative estimate of drug-likeness (QED) is 0.172. The van der Waals surface area contributed by atoms with Gasteiger partial charge in [0.15, 0.2) is 23.1 Å². The van der Waals surface area contributed by atoms with Crippen molar-refractivity contribution in [2.24, 2.45) is 0 Å². The van der Waals surface area contributed by atoms with Crippen molar-refractivity contribution in [2.45, 2.75) is 0 Å². The van der Waals surface area contributed by atoms with Crippen LogP contribution in [0.15, 0.2) is 199 Å². The molecule has 0 saturated carbocycles.